The van der Waals surface area contributed by atoms with Crippen molar-refractivity contribution < 1.29 is 4.74 Å². The summed E-state index contributed by atoms with van der Waals surface area (Å²) in [6, 6.07) is 21.9. The van der Waals surface area contributed by atoms with Gasteiger partial charge in [0.15, 0.2) is 5.11 Å². The number of aromatic amines is 1. The van der Waals surface area contributed by atoms with Crippen LogP contribution < -0.4 is 15.6 Å². The van der Waals surface area contributed by atoms with Crippen molar-refractivity contribution in [2.24, 2.45) is 0 Å². The number of hydrogen-bond acceptors (Lipinski definition) is 4. The van der Waals surface area contributed by atoms with Crippen LogP contribution in [0.3, 0.4) is 0 Å². The van der Waals surface area contributed by atoms with E-state index in [1.54, 1.807) is 18.4 Å². The molecule has 2 heterocycles. The zero-order chi connectivity index (χ0) is 22.5. The van der Waals surface area contributed by atoms with Crippen molar-refractivity contribution in [3.8, 4) is 5.75 Å². The first-order valence-electron chi connectivity index (χ1n) is 10.4. The van der Waals surface area contributed by atoms with Gasteiger partial charge in [-0.1, -0.05) is 36.4 Å². The van der Waals surface area contributed by atoms with Crippen LogP contribution in [-0.4, -0.2) is 22.1 Å². The fraction of sp³-hybridized carbons (Fsp3) is 0.200. The summed E-state index contributed by atoms with van der Waals surface area (Å²) in [4.78, 5) is 19.0. The number of ether oxygens (including phenoxy) is 1. The third-order valence-corrected chi connectivity index (χ3v) is 6.58. The number of fused-ring (bicyclic) bond motifs is 1. The molecule has 0 saturated heterocycles. The maximum atomic E-state index is 12.8. The molecule has 1 atom stereocenters. The zero-order valence-corrected chi connectivity index (χ0v) is 19.6. The summed E-state index contributed by atoms with van der Waals surface area (Å²) < 4.78 is 5.34. The average molecular weight is 464 g/mol. The first-order valence-corrected chi connectivity index (χ1v) is 11.6. The summed E-state index contributed by atoms with van der Waals surface area (Å²) >= 11 is 7.46. The molecule has 2 aromatic carbocycles. The minimum absolute atomic E-state index is 0.0497. The second-order valence-corrected chi connectivity index (χ2v) is 9.01. The molecule has 0 radical (unpaired) electrons. The van der Waals surface area contributed by atoms with Crippen molar-refractivity contribution in [1.82, 2.24) is 15.2 Å². The molecule has 0 aliphatic heterocycles. The maximum Gasteiger partial charge on any atom is 0.253 e. The molecule has 0 bridgehead atoms. The van der Waals surface area contributed by atoms with Gasteiger partial charge in [0.05, 0.1) is 26.2 Å². The predicted molar refractivity (Wildman–Crippen MR) is 135 cm³/mol. The molecule has 0 amide bonds. The Morgan fingerprint density at radius 1 is 1.12 bits per heavy atom. The van der Waals surface area contributed by atoms with Gasteiger partial charge in [-0.3, -0.25) is 4.79 Å². The van der Waals surface area contributed by atoms with Crippen molar-refractivity contribution in [1.29, 1.82) is 0 Å². The lowest BCUT2D eigenvalue weighted by molar-refractivity contribution is 0.395. The van der Waals surface area contributed by atoms with Gasteiger partial charge in [-0.15, -0.1) is 11.3 Å². The van der Waals surface area contributed by atoms with E-state index < -0.39 is 0 Å². The summed E-state index contributed by atoms with van der Waals surface area (Å²) in [6.45, 7) is 3.11. The molecule has 0 spiro atoms. The molecule has 0 fully saturated rings. The molecule has 0 saturated carbocycles. The summed E-state index contributed by atoms with van der Waals surface area (Å²) in [5, 5.41) is 7.01. The molecule has 4 aromatic rings. The molecule has 32 heavy (non-hydrogen) atoms. The third-order valence-electron chi connectivity index (χ3n) is 5.34. The molecule has 2 aromatic heterocycles. The van der Waals surface area contributed by atoms with E-state index in [4.69, 9.17) is 17.0 Å². The van der Waals surface area contributed by atoms with Gasteiger partial charge in [-0.25, -0.2) is 0 Å². The fourth-order valence-corrected chi connectivity index (χ4v) is 4.60. The molecule has 7 heteroatoms. The average Bonchev–Trinajstić information content (AvgIpc) is 3.32. The van der Waals surface area contributed by atoms with Crippen LogP contribution >= 0.6 is 23.6 Å². The van der Waals surface area contributed by atoms with Crippen LogP contribution in [0.15, 0.2) is 76.9 Å². The number of thiocarbonyl (C=S) groups is 1. The Labute approximate surface area is 196 Å². The number of pyridine rings is 1. The van der Waals surface area contributed by atoms with E-state index in [0.29, 0.717) is 23.8 Å². The van der Waals surface area contributed by atoms with E-state index >= 15 is 0 Å². The van der Waals surface area contributed by atoms with Crippen LogP contribution in [-0.2, 0) is 13.1 Å². The van der Waals surface area contributed by atoms with E-state index in [1.807, 2.05) is 58.8 Å². The standard InChI is InChI=1S/C25H25N3O2S2/c1-17(18-7-4-3-5-8-18)26-25(31)28(16-22-9-6-12-32-22)15-20-13-19-14-21(30-2)10-11-23(19)27-24(20)29/h3-14,17H,15-16H2,1-2H3,(H,26,31)(H,27,29). The summed E-state index contributed by atoms with van der Waals surface area (Å²) in [5.74, 6) is 0.750. The summed E-state index contributed by atoms with van der Waals surface area (Å²) in [5.41, 5.74) is 2.47. The van der Waals surface area contributed by atoms with Gasteiger partial charge >= 0.3 is 0 Å². The molecule has 1 unspecified atom stereocenters. The van der Waals surface area contributed by atoms with Crippen LogP contribution in [0.1, 0.15) is 29.0 Å². The molecule has 0 aliphatic rings. The Kier molecular flexibility index (Phi) is 6.87. The lowest BCUT2D eigenvalue weighted by Crippen LogP contribution is -2.40. The van der Waals surface area contributed by atoms with Gasteiger partial charge < -0.3 is 19.9 Å². The van der Waals surface area contributed by atoms with Gasteiger partial charge in [0.1, 0.15) is 5.75 Å². The smallest absolute Gasteiger partial charge is 0.253 e. The second-order valence-electron chi connectivity index (χ2n) is 7.59. The number of benzene rings is 2. The Hall–Kier alpha value is -3.16. The van der Waals surface area contributed by atoms with Crippen molar-refractivity contribution in [2.75, 3.05) is 7.11 Å². The van der Waals surface area contributed by atoms with Gasteiger partial charge in [0.2, 0.25) is 0 Å². The van der Waals surface area contributed by atoms with Gasteiger partial charge in [-0.05, 0) is 60.4 Å². The van der Waals surface area contributed by atoms with Gasteiger partial charge in [-0.2, -0.15) is 0 Å². The highest BCUT2D eigenvalue weighted by Gasteiger charge is 2.17. The largest absolute Gasteiger partial charge is 0.497 e. The number of H-pyrrole nitrogens is 1. The number of aromatic nitrogens is 1. The Bertz CT molecular complexity index is 1250. The first kappa shape index (κ1) is 22.0. The maximum absolute atomic E-state index is 12.8. The number of thiophene rings is 1. The van der Waals surface area contributed by atoms with Gasteiger partial charge in [0, 0.05) is 21.3 Å². The van der Waals surface area contributed by atoms with Crippen LogP contribution in [0.4, 0.5) is 0 Å². The summed E-state index contributed by atoms with van der Waals surface area (Å²) in [7, 11) is 1.63. The number of rotatable bonds is 7. The predicted octanol–water partition coefficient (Wildman–Crippen LogP) is 5.24. The van der Waals surface area contributed by atoms with Crippen molar-refractivity contribution in [3.63, 3.8) is 0 Å². The highest BCUT2D eigenvalue weighted by molar-refractivity contribution is 7.80. The Balaban J connectivity index is 1.61. The van der Waals surface area contributed by atoms with Crippen LogP contribution in [0.25, 0.3) is 10.9 Å². The number of hydrogen-bond donors (Lipinski definition) is 2. The molecule has 164 valence electrons. The van der Waals surface area contributed by atoms with E-state index in [0.717, 1.165) is 22.2 Å². The molecule has 0 aliphatic carbocycles. The summed E-state index contributed by atoms with van der Waals surface area (Å²) in [6.07, 6.45) is 0. The molecule has 2 N–H and O–H groups in total. The highest BCUT2D eigenvalue weighted by atomic mass is 32.1. The van der Waals surface area contributed by atoms with E-state index in [1.165, 1.54) is 4.88 Å². The van der Waals surface area contributed by atoms with E-state index in [9.17, 15) is 4.79 Å². The molecule has 5 nitrogen and oxygen atoms in total. The van der Waals surface area contributed by atoms with Crippen molar-refractivity contribution in [3.05, 3.63) is 98.5 Å². The lowest BCUT2D eigenvalue weighted by Gasteiger charge is -2.28. The first-order chi connectivity index (χ1) is 15.5. The SMILES string of the molecule is COc1ccc2[nH]c(=O)c(CN(Cc3cccs3)C(=S)NC(C)c3ccccc3)cc2c1. The van der Waals surface area contributed by atoms with Crippen LogP contribution in [0, 0.1) is 0 Å². The minimum atomic E-state index is -0.113. The number of nitrogens with one attached hydrogen (secondary N) is 2. The van der Waals surface area contributed by atoms with Crippen LogP contribution in [0.5, 0.6) is 5.75 Å². The van der Waals surface area contributed by atoms with E-state index in [2.05, 4.69) is 35.4 Å². The molecular weight excluding hydrogens is 438 g/mol. The van der Waals surface area contributed by atoms with E-state index in [-0.39, 0.29) is 11.6 Å². The topological polar surface area (TPSA) is 57.4 Å². The zero-order valence-electron chi connectivity index (χ0n) is 18.0. The lowest BCUT2D eigenvalue weighted by atomic mass is 10.1. The number of nitrogens with zero attached hydrogens (tertiary/aromatic N) is 1. The highest BCUT2D eigenvalue weighted by Crippen LogP contribution is 2.21. The van der Waals surface area contributed by atoms with Gasteiger partial charge in [0.25, 0.3) is 5.56 Å². The van der Waals surface area contributed by atoms with Crippen molar-refractivity contribution in [2.45, 2.75) is 26.1 Å². The fourth-order valence-electron chi connectivity index (χ4n) is 3.57. The quantitative estimate of drug-likeness (QED) is 0.367. The Morgan fingerprint density at radius 2 is 1.94 bits per heavy atom. The van der Waals surface area contributed by atoms with Crippen LogP contribution in [0.2, 0.25) is 0 Å². The Morgan fingerprint density at radius 3 is 2.66 bits per heavy atom. The second kappa shape index (κ2) is 9.97. The molecule has 4 rings (SSSR count). The molecular formula is C25H25N3O2S2. The number of methoxy groups -OCH3 is 1. The van der Waals surface area contributed by atoms with Crippen molar-refractivity contribution >= 4 is 39.6 Å². The third kappa shape index (κ3) is 5.18. The minimum Gasteiger partial charge on any atom is -0.497 e. The normalized spacial score (nSPS) is 11.8. The monoisotopic (exact) mass is 463 g/mol.